The highest BCUT2D eigenvalue weighted by Gasteiger charge is 2.11. The first-order valence-electron chi connectivity index (χ1n) is 7.85. The molecule has 0 fully saturated rings. The molecule has 0 spiro atoms. The number of aliphatic hydroxyl groups excluding tert-OH is 1. The fourth-order valence-corrected chi connectivity index (χ4v) is 1.40. The van der Waals surface area contributed by atoms with E-state index in [0.717, 1.165) is 13.0 Å². The summed E-state index contributed by atoms with van der Waals surface area (Å²) in [6.07, 6.45) is 1.55. The van der Waals surface area contributed by atoms with Crippen molar-refractivity contribution in [3.05, 3.63) is 0 Å². The molecule has 0 atom stereocenters. The molecule has 0 aromatic heterocycles. The van der Waals surface area contributed by atoms with Gasteiger partial charge in [0.2, 0.25) is 11.8 Å². The molecule has 0 aromatic rings. The molecule has 0 bridgehead atoms. The van der Waals surface area contributed by atoms with Crippen LogP contribution in [0.4, 0.5) is 0 Å². The highest BCUT2D eigenvalue weighted by molar-refractivity contribution is 5.77. The zero-order valence-electron chi connectivity index (χ0n) is 15.3. The number of carbonyl (C=O) groups is 2. The van der Waals surface area contributed by atoms with Crippen LogP contribution in [-0.4, -0.2) is 47.7 Å². The average molecular weight is 317 g/mol. The molecule has 22 heavy (non-hydrogen) atoms. The Hall–Kier alpha value is -1.14. The molecular formula is C16H35N3O3. The molecule has 0 heterocycles. The zero-order chi connectivity index (χ0) is 17.8. The second kappa shape index (κ2) is 11.4. The fourth-order valence-electron chi connectivity index (χ4n) is 1.40. The summed E-state index contributed by atoms with van der Waals surface area (Å²) < 4.78 is 0. The average Bonchev–Trinajstić information content (AvgIpc) is 2.32. The van der Waals surface area contributed by atoms with Crippen LogP contribution in [0.3, 0.4) is 0 Å². The SMILES string of the molecule is CC(C)(C)NCCNC(=O)CO.CCCC(=O)NC(C)(C)C. The summed E-state index contributed by atoms with van der Waals surface area (Å²) in [6.45, 7) is 15.0. The van der Waals surface area contributed by atoms with Crippen molar-refractivity contribution in [1.82, 2.24) is 16.0 Å². The van der Waals surface area contributed by atoms with Crippen LogP contribution in [0.1, 0.15) is 61.3 Å². The number of amides is 2. The van der Waals surface area contributed by atoms with Crippen LogP contribution in [0, 0.1) is 0 Å². The smallest absolute Gasteiger partial charge is 0.245 e. The Bertz CT molecular complexity index is 318. The van der Waals surface area contributed by atoms with Gasteiger partial charge in [-0.05, 0) is 48.0 Å². The molecule has 0 aliphatic carbocycles. The second-order valence-electron chi connectivity index (χ2n) is 7.23. The molecule has 0 aromatic carbocycles. The summed E-state index contributed by atoms with van der Waals surface area (Å²) in [5.41, 5.74) is -0.00377. The lowest BCUT2D eigenvalue weighted by Gasteiger charge is -2.20. The number of hydrogen-bond acceptors (Lipinski definition) is 4. The molecule has 0 aliphatic heterocycles. The van der Waals surface area contributed by atoms with Crippen LogP contribution in [0.5, 0.6) is 0 Å². The summed E-state index contributed by atoms with van der Waals surface area (Å²) in [4.78, 5) is 21.5. The van der Waals surface area contributed by atoms with Crippen LogP contribution in [0.2, 0.25) is 0 Å². The first kappa shape index (κ1) is 23.1. The fraction of sp³-hybridized carbons (Fsp3) is 0.875. The van der Waals surface area contributed by atoms with E-state index < -0.39 is 6.61 Å². The van der Waals surface area contributed by atoms with Crippen LogP contribution < -0.4 is 16.0 Å². The van der Waals surface area contributed by atoms with Crippen molar-refractivity contribution >= 4 is 11.8 Å². The van der Waals surface area contributed by atoms with Gasteiger partial charge in [-0.15, -0.1) is 0 Å². The molecule has 0 unspecified atom stereocenters. The van der Waals surface area contributed by atoms with Crippen LogP contribution in [0.15, 0.2) is 0 Å². The van der Waals surface area contributed by atoms with Gasteiger partial charge in [0.1, 0.15) is 6.61 Å². The van der Waals surface area contributed by atoms with Crippen molar-refractivity contribution in [3.63, 3.8) is 0 Å². The lowest BCUT2D eigenvalue weighted by atomic mass is 10.1. The van der Waals surface area contributed by atoms with Crippen molar-refractivity contribution in [2.24, 2.45) is 0 Å². The number of hydrogen-bond donors (Lipinski definition) is 4. The van der Waals surface area contributed by atoms with Gasteiger partial charge in [0.05, 0.1) is 0 Å². The molecule has 132 valence electrons. The van der Waals surface area contributed by atoms with E-state index in [4.69, 9.17) is 5.11 Å². The number of aliphatic hydroxyl groups is 1. The maximum atomic E-state index is 10.9. The van der Waals surface area contributed by atoms with Crippen LogP contribution >= 0.6 is 0 Å². The number of carbonyl (C=O) groups excluding carboxylic acids is 2. The van der Waals surface area contributed by atoms with Crippen molar-refractivity contribution in [2.45, 2.75) is 72.4 Å². The first-order valence-corrected chi connectivity index (χ1v) is 7.85. The largest absolute Gasteiger partial charge is 0.387 e. The minimum Gasteiger partial charge on any atom is -0.387 e. The second-order valence-corrected chi connectivity index (χ2v) is 7.23. The Labute approximate surface area is 135 Å². The van der Waals surface area contributed by atoms with E-state index in [-0.39, 0.29) is 22.9 Å². The summed E-state index contributed by atoms with van der Waals surface area (Å²) >= 11 is 0. The molecule has 6 heteroatoms. The third-order valence-electron chi connectivity index (χ3n) is 2.24. The van der Waals surface area contributed by atoms with Crippen molar-refractivity contribution in [2.75, 3.05) is 19.7 Å². The molecule has 0 radical (unpaired) electrons. The minimum absolute atomic E-state index is 0.0734. The van der Waals surface area contributed by atoms with Gasteiger partial charge in [-0.1, -0.05) is 6.92 Å². The van der Waals surface area contributed by atoms with E-state index in [1.165, 1.54) is 0 Å². The molecule has 0 saturated heterocycles. The quantitative estimate of drug-likeness (QED) is 0.554. The van der Waals surface area contributed by atoms with E-state index in [0.29, 0.717) is 13.0 Å². The monoisotopic (exact) mass is 317 g/mol. The third-order valence-corrected chi connectivity index (χ3v) is 2.24. The van der Waals surface area contributed by atoms with Crippen molar-refractivity contribution < 1.29 is 14.7 Å². The standard InChI is InChI=1S/C8H18N2O2.C8H17NO/c1-8(2,3)10-5-4-9-7(12)6-11;1-5-6-7(10)9-8(2,3)4/h10-11H,4-6H2,1-3H3,(H,9,12);5-6H2,1-4H3,(H,9,10). The van der Waals surface area contributed by atoms with E-state index in [9.17, 15) is 9.59 Å². The van der Waals surface area contributed by atoms with Crippen LogP contribution in [-0.2, 0) is 9.59 Å². The predicted molar refractivity (Wildman–Crippen MR) is 90.7 cm³/mol. The normalized spacial score (nSPS) is 11.3. The van der Waals surface area contributed by atoms with E-state index in [2.05, 4.69) is 36.7 Å². The van der Waals surface area contributed by atoms with Gasteiger partial charge in [0, 0.05) is 30.6 Å². The summed E-state index contributed by atoms with van der Waals surface area (Å²) in [6, 6.07) is 0. The first-order chi connectivity index (χ1) is 9.91. The molecule has 0 aliphatic rings. The van der Waals surface area contributed by atoms with Gasteiger partial charge in [-0.25, -0.2) is 0 Å². The molecular weight excluding hydrogens is 282 g/mol. The Morgan fingerprint density at radius 1 is 0.909 bits per heavy atom. The predicted octanol–water partition coefficient (Wildman–Crippen LogP) is 1.18. The van der Waals surface area contributed by atoms with E-state index >= 15 is 0 Å². The highest BCUT2D eigenvalue weighted by atomic mass is 16.3. The maximum Gasteiger partial charge on any atom is 0.245 e. The third kappa shape index (κ3) is 21.2. The Balaban J connectivity index is 0. The maximum absolute atomic E-state index is 10.9. The van der Waals surface area contributed by atoms with E-state index in [1.807, 2.05) is 27.7 Å². The molecule has 4 N–H and O–H groups in total. The molecule has 6 nitrogen and oxygen atoms in total. The van der Waals surface area contributed by atoms with Crippen molar-refractivity contribution in [3.8, 4) is 0 Å². The highest BCUT2D eigenvalue weighted by Crippen LogP contribution is 1.99. The molecule has 0 saturated carbocycles. The number of rotatable bonds is 6. The van der Waals surface area contributed by atoms with Gasteiger partial charge in [-0.2, -0.15) is 0 Å². The minimum atomic E-state index is -0.435. The lowest BCUT2D eigenvalue weighted by molar-refractivity contribution is -0.124. The van der Waals surface area contributed by atoms with E-state index in [1.54, 1.807) is 0 Å². The van der Waals surface area contributed by atoms with Gasteiger partial charge in [-0.3, -0.25) is 9.59 Å². The summed E-state index contributed by atoms with van der Waals surface area (Å²) in [5.74, 6) is -0.180. The summed E-state index contributed by atoms with van der Waals surface area (Å²) in [5, 5.41) is 17.0. The summed E-state index contributed by atoms with van der Waals surface area (Å²) in [7, 11) is 0. The Morgan fingerprint density at radius 2 is 1.45 bits per heavy atom. The molecule has 0 rings (SSSR count). The number of nitrogens with one attached hydrogen (secondary N) is 3. The molecule has 2 amide bonds. The van der Waals surface area contributed by atoms with Gasteiger partial charge in [0.25, 0.3) is 0 Å². The Morgan fingerprint density at radius 3 is 1.82 bits per heavy atom. The Kier molecular flexibility index (Phi) is 12.0. The van der Waals surface area contributed by atoms with Crippen LogP contribution in [0.25, 0.3) is 0 Å². The van der Waals surface area contributed by atoms with Gasteiger partial charge >= 0.3 is 0 Å². The van der Waals surface area contributed by atoms with Crippen molar-refractivity contribution in [1.29, 1.82) is 0 Å². The topological polar surface area (TPSA) is 90.5 Å². The van der Waals surface area contributed by atoms with Gasteiger partial charge < -0.3 is 21.1 Å². The zero-order valence-corrected chi connectivity index (χ0v) is 15.3. The van der Waals surface area contributed by atoms with Gasteiger partial charge in [0.15, 0.2) is 0 Å². The lowest BCUT2D eigenvalue weighted by Crippen LogP contribution is -2.41.